The van der Waals surface area contributed by atoms with Crippen LogP contribution in [-0.2, 0) is 11.3 Å². The lowest BCUT2D eigenvalue weighted by Crippen LogP contribution is -2.59. The quantitative estimate of drug-likeness (QED) is 0.908. The van der Waals surface area contributed by atoms with Crippen LogP contribution in [0.15, 0.2) is 24.3 Å². The molecule has 0 aromatic heterocycles. The average Bonchev–Trinajstić information content (AvgIpc) is 2.64. The van der Waals surface area contributed by atoms with Crippen molar-refractivity contribution in [1.82, 2.24) is 10.2 Å². The Balaban J connectivity index is 1.58. The highest BCUT2D eigenvalue weighted by Crippen LogP contribution is 2.30. The molecule has 0 amide bonds. The Kier molecular flexibility index (Phi) is 5.66. The number of benzene rings is 1. The molecule has 0 aliphatic carbocycles. The van der Waals surface area contributed by atoms with E-state index in [1.807, 2.05) is 24.3 Å². The Hall–Kier alpha value is -1.41. The first-order chi connectivity index (χ1) is 11.3. The van der Waals surface area contributed by atoms with E-state index in [1.165, 1.54) is 37.9 Å². The van der Waals surface area contributed by atoms with Crippen molar-refractivity contribution in [2.24, 2.45) is 0 Å². The second-order valence-electron chi connectivity index (χ2n) is 6.80. The number of ether oxygens (including phenoxy) is 1. The lowest BCUT2D eigenvalue weighted by Gasteiger charge is -2.48. The van der Waals surface area contributed by atoms with Gasteiger partial charge in [0.15, 0.2) is 0 Å². The van der Waals surface area contributed by atoms with Gasteiger partial charge in [-0.3, -0.25) is 4.90 Å². The summed E-state index contributed by atoms with van der Waals surface area (Å²) in [5.41, 5.74) is 2.23. The van der Waals surface area contributed by atoms with Crippen LogP contribution in [0.4, 0.5) is 0 Å². The number of hydrogen-bond acceptors (Lipinski definition) is 4. The van der Waals surface area contributed by atoms with Gasteiger partial charge < -0.3 is 10.1 Å². The van der Waals surface area contributed by atoms with Crippen molar-refractivity contribution in [2.75, 3.05) is 32.8 Å². The molecule has 4 nitrogen and oxygen atoms in total. The first-order valence-electron chi connectivity index (χ1n) is 8.85. The Morgan fingerprint density at radius 2 is 1.78 bits per heavy atom. The van der Waals surface area contributed by atoms with Crippen LogP contribution in [0.5, 0.6) is 0 Å². The highest BCUT2D eigenvalue weighted by atomic mass is 16.5. The van der Waals surface area contributed by atoms with Crippen LogP contribution in [-0.4, -0.2) is 43.3 Å². The minimum absolute atomic E-state index is 0.269. The van der Waals surface area contributed by atoms with E-state index in [-0.39, 0.29) is 5.54 Å². The summed E-state index contributed by atoms with van der Waals surface area (Å²) < 4.78 is 5.62. The highest BCUT2D eigenvalue weighted by molar-refractivity contribution is 5.31. The number of nitrogens with zero attached hydrogens (tertiary/aromatic N) is 2. The van der Waals surface area contributed by atoms with Crippen LogP contribution in [0.25, 0.3) is 0 Å². The van der Waals surface area contributed by atoms with Crippen LogP contribution >= 0.6 is 0 Å². The number of likely N-dealkylation sites (tertiary alicyclic amines) is 1. The van der Waals surface area contributed by atoms with Gasteiger partial charge in [-0.2, -0.15) is 5.26 Å². The fourth-order valence-electron chi connectivity index (χ4n) is 3.86. The smallest absolute Gasteiger partial charge is 0.0991 e. The molecule has 1 aromatic carbocycles. The molecule has 2 fully saturated rings. The molecule has 0 spiro atoms. The largest absolute Gasteiger partial charge is 0.381 e. The molecule has 1 aromatic rings. The van der Waals surface area contributed by atoms with Gasteiger partial charge in [-0.15, -0.1) is 0 Å². The molecule has 2 aliphatic rings. The van der Waals surface area contributed by atoms with Gasteiger partial charge in [-0.25, -0.2) is 0 Å². The third-order valence-electron chi connectivity index (χ3n) is 5.32. The van der Waals surface area contributed by atoms with E-state index >= 15 is 0 Å². The van der Waals surface area contributed by atoms with E-state index in [0.717, 1.165) is 44.7 Å². The molecular formula is C19H27N3O. The summed E-state index contributed by atoms with van der Waals surface area (Å²) in [5, 5.41) is 12.5. The summed E-state index contributed by atoms with van der Waals surface area (Å²) >= 11 is 0. The minimum atomic E-state index is 0.269. The van der Waals surface area contributed by atoms with Crippen molar-refractivity contribution in [3.63, 3.8) is 0 Å². The van der Waals surface area contributed by atoms with Gasteiger partial charge in [0, 0.05) is 31.8 Å². The average molecular weight is 313 g/mol. The third kappa shape index (κ3) is 4.11. The Labute approximate surface area is 139 Å². The summed E-state index contributed by atoms with van der Waals surface area (Å²) in [6.45, 7) is 6.12. The normalized spacial score (nSPS) is 21.7. The molecule has 0 bridgehead atoms. The van der Waals surface area contributed by atoms with Gasteiger partial charge >= 0.3 is 0 Å². The molecule has 0 unspecified atom stereocenters. The summed E-state index contributed by atoms with van der Waals surface area (Å²) in [6.07, 6.45) is 6.30. The second kappa shape index (κ2) is 7.92. The van der Waals surface area contributed by atoms with E-state index in [2.05, 4.69) is 16.3 Å². The van der Waals surface area contributed by atoms with E-state index in [4.69, 9.17) is 10.00 Å². The molecule has 4 heteroatoms. The predicted octanol–water partition coefficient (Wildman–Crippen LogP) is 2.68. The van der Waals surface area contributed by atoms with E-state index in [0.29, 0.717) is 0 Å². The van der Waals surface area contributed by atoms with Crippen LogP contribution in [0.3, 0.4) is 0 Å². The summed E-state index contributed by atoms with van der Waals surface area (Å²) in [5.74, 6) is 0. The first kappa shape index (κ1) is 16.4. The molecule has 2 heterocycles. The molecule has 2 saturated heterocycles. The molecule has 0 saturated carbocycles. The fraction of sp³-hybridized carbons (Fsp3) is 0.632. The van der Waals surface area contributed by atoms with Crippen molar-refractivity contribution in [3.05, 3.63) is 35.4 Å². The standard InChI is InChI=1S/C19H27N3O/c20-14-17-4-6-18(7-5-17)15-21-16-19(8-12-23-13-9-19)22-10-2-1-3-11-22/h4-7,21H,1-3,8-13,15-16H2. The van der Waals surface area contributed by atoms with Crippen LogP contribution < -0.4 is 5.32 Å². The molecular weight excluding hydrogens is 286 g/mol. The van der Waals surface area contributed by atoms with E-state index in [1.54, 1.807) is 0 Å². The zero-order valence-corrected chi connectivity index (χ0v) is 13.9. The Bertz CT molecular complexity index is 523. The van der Waals surface area contributed by atoms with Crippen molar-refractivity contribution in [1.29, 1.82) is 5.26 Å². The summed E-state index contributed by atoms with van der Waals surface area (Å²) in [4.78, 5) is 2.71. The zero-order chi connectivity index (χ0) is 16.0. The number of hydrogen-bond donors (Lipinski definition) is 1. The zero-order valence-electron chi connectivity index (χ0n) is 13.9. The van der Waals surface area contributed by atoms with Crippen molar-refractivity contribution in [3.8, 4) is 6.07 Å². The molecule has 0 radical (unpaired) electrons. The Morgan fingerprint density at radius 1 is 1.09 bits per heavy atom. The lowest BCUT2D eigenvalue weighted by molar-refractivity contribution is -0.0358. The molecule has 2 aliphatic heterocycles. The van der Waals surface area contributed by atoms with Crippen molar-refractivity contribution in [2.45, 2.75) is 44.2 Å². The van der Waals surface area contributed by atoms with Gasteiger partial charge in [-0.05, 0) is 56.5 Å². The maximum atomic E-state index is 8.87. The maximum Gasteiger partial charge on any atom is 0.0991 e. The fourth-order valence-corrected chi connectivity index (χ4v) is 3.86. The van der Waals surface area contributed by atoms with Crippen LogP contribution in [0, 0.1) is 11.3 Å². The number of piperidine rings is 1. The molecule has 0 atom stereocenters. The maximum absolute atomic E-state index is 8.87. The third-order valence-corrected chi connectivity index (χ3v) is 5.32. The Morgan fingerprint density at radius 3 is 2.43 bits per heavy atom. The lowest BCUT2D eigenvalue weighted by atomic mass is 9.86. The van der Waals surface area contributed by atoms with Gasteiger partial charge in [0.1, 0.15) is 0 Å². The van der Waals surface area contributed by atoms with Crippen LogP contribution in [0.2, 0.25) is 0 Å². The highest BCUT2D eigenvalue weighted by Gasteiger charge is 2.38. The second-order valence-corrected chi connectivity index (χ2v) is 6.80. The van der Waals surface area contributed by atoms with Crippen molar-refractivity contribution < 1.29 is 4.74 Å². The van der Waals surface area contributed by atoms with Crippen LogP contribution in [0.1, 0.15) is 43.2 Å². The SMILES string of the molecule is N#Cc1ccc(CNCC2(N3CCCCC3)CCOCC2)cc1. The topological polar surface area (TPSA) is 48.3 Å². The first-order valence-corrected chi connectivity index (χ1v) is 8.85. The number of rotatable bonds is 5. The van der Waals surface area contributed by atoms with Gasteiger partial charge in [-0.1, -0.05) is 18.6 Å². The van der Waals surface area contributed by atoms with Gasteiger partial charge in [0.25, 0.3) is 0 Å². The molecule has 3 rings (SSSR count). The molecule has 23 heavy (non-hydrogen) atoms. The predicted molar refractivity (Wildman–Crippen MR) is 91.1 cm³/mol. The number of nitriles is 1. The van der Waals surface area contributed by atoms with E-state index in [9.17, 15) is 0 Å². The number of nitrogens with one attached hydrogen (secondary N) is 1. The molecule has 124 valence electrons. The molecule has 1 N–H and O–H groups in total. The van der Waals surface area contributed by atoms with Gasteiger partial charge in [0.2, 0.25) is 0 Å². The van der Waals surface area contributed by atoms with Crippen molar-refractivity contribution >= 4 is 0 Å². The van der Waals surface area contributed by atoms with Gasteiger partial charge in [0.05, 0.1) is 11.6 Å². The van der Waals surface area contributed by atoms with E-state index < -0.39 is 0 Å². The minimum Gasteiger partial charge on any atom is -0.381 e. The summed E-state index contributed by atoms with van der Waals surface area (Å²) in [7, 11) is 0. The summed E-state index contributed by atoms with van der Waals surface area (Å²) in [6, 6.07) is 10.0. The monoisotopic (exact) mass is 313 g/mol.